The van der Waals surface area contributed by atoms with Gasteiger partial charge < -0.3 is 20.4 Å². The van der Waals surface area contributed by atoms with E-state index in [1.807, 2.05) is 6.92 Å². The highest BCUT2D eigenvalue weighted by Gasteiger charge is 2.30. The van der Waals surface area contributed by atoms with Crippen molar-refractivity contribution < 1.29 is 20.4 Å². The molecule has 0 amide bonds. The number of hydrogen-bond donors (Lipinski definition) is 4. The molecule has 4 N–H and O–H groups in total. The molecule has 0 aliphatic heterocycles. The van der Waals surface area contributed by atoms with Crippen molar-refractivity contribution in [3.05, 3.63) is 29.3 Å². The van der Waals surface area contributed by atoms with Gasteiger partial charge in [0.25, 0.3) is 0 Å². The van der Waals surface area contributed by atoms with E-state index in [9.17, 15) is 20.4 Å². The highest BCUT2D eigenvalue weighted by molar-refractivity contribution is 5.66. The highest BCUT2D eigenvalue weighted by Crippen LogP contribution is 2.37. The second kappa shape index (κ2) is 5.63. The fraction of sp³-hybridized carbons (Fsp3) is 0.467. The van der Waals surface area contributed by atoms with Crippen molar-refractivity contribution in [1.82, 2.24) is 0 Å². The Balaban J connectivity index is 2.40. The van der Waals surface area contributed by atoms with Crippen LogP contribution in [0.5, 0.6) is 11.5 Å². The van der Waals surface area contributed by atoms with Crippen molar-refractivity contribution in [2.75, 3.05) is 6.61 Å². The van der Waals surface area contributed by atoms with Gasteiger partial charge in [-0.3, -0.25) is 0 Å². The lowest BCUT2D eigenvalue weighted by molar-refractivity contribution is 0.108. The molecule has 0 spiro atoms. The maximum atomic E-state index is 10.1. The lowest BCUT2D eigenvalue weighted by Gasteiger charge is -2.32. The zero-order chi connectivity index (χ0) is 14.0. The van der Waals surface area contributed by atoms with E-state index in [0.717, 1.165) is 6.42 Å². The molecule has 3 atom stereocenters. The first-order valence-electron chi connectivity index (χ1n) is 6.54. The monoisotopic (exact) mass is 264 g/mol. The van der Waals surface area contributed by atoms with Gasteiger partial charge in [0, 0.05) is 12.5 Å². The van der Waals surface area contributed by atoms with E-state index in [1.54, 1.807) is 12.1 Å². The number of benzene rings is 1. The molecule has 0 heterocycles. The predicted molar refractivity (Wildman–Crippen MR) is 72.7 cm³/mol. The van der Waals surface area contributed by atoms with E-state index in [0.29, 0.717) is 23.5 Å². The van der Waals surface area contributed by atoms with Crippen LogP contribution in [0.15, 0.2) is 23.8 Å². The van der Waals surface area contributed by atoms with Crippen LogP contribution in [0.4, 0.5) is 0 Å². The fourth-order valence-electron chi connectivity index (χ4n) is 2.76. The molecular weight excluding hydrogens is 244 g/mol. The van der Waals surface area contributed by atoms with Crippen LogP contribution < -0.4 is 0 Å². The molecule has 1 saturated carbocycles. The third-order valence-corrected chi connectivity index (χ3v) is 3.76. The second-order valence-electron chi connectivity index (χ2n) is 5.33. The van der Waals surface area contributed by atoms with Gasteiger partial charge in [-0.1, -0.05) is 13.0 Å². The largest absolute Gasteiger partial charge is 0.507 e. The number of phenols is 2. The Morgan fingerprint density at radius 1 is 1.21 bits per heavy atom. The quantitative estimate of drug-likeness (QED) is 0.657. The number of aromatic hydroxyl groups is 2. The standard InChI is InChI=1S/C15H20O4/c1-9-5-10(8-16)11(15(19)6-9)7-12-13(17)3-2-4-14(12)18/h2-4,7,9-10,15-19H,5-6,8H2,1H3/b11-7-. The summed E-state index contributed by atoms with van der Waals surface area (Å²) in [6, 6.07) is 4.52. The van der Waals surface area contributed by atoms with Crippen LogP contribution in [-0.2, 0) is 0 Å². The van der Waals surface area contributed by atoms with Gasteiger partial charge in [0.15, 0.2) is 0 Å². The highest BCUT2D eigenvalue weighted by atomic mass is 16.3. The van der Waals surface area contributed by atoms with E-state index in [-0.39, 0.29) is 24.0 Å². The summed E-state index contributed by atoms with van der Waals surface area (Å²) >= 11 is 0. The van der Waals surface area contributed by atoms with Gasteiger partial charge in [-0.25, -0.2) is 0 Å². The van der Waals surface area contributed by atoms with Crippen LogP contribution in [-0.4, -0.2) is 33.1 Å². The SMILES string of the molecule is CC1CC(O)/C(=C\c2c(O)cccc2O)C(CO)C1. The Morgan fingerprint density at radius 3 is 2.42 bits per heavy atom. The summed E-state index contributed by atoms with van der Waals surface area (Å²) in [5.41, 5.74) is 0.974. The minimum Gasteiger partial charge on any atom is -0.507 e. The van der Waals surface area contributed by atoms with Crippen molar-refractivity contribution in [3.8, 4) is 11.5 Å². The van der Waals surface area contributed by atoms with Crippen LogP contribution >= 0.6 is 0 Å². The van der Waals surface area contributed by atoms with Crippen LogP contribution in [0.1, 0.15) is 25.3 Å². The number of phenolic OH excluding ortho intramolecular Hbond substituents is 2. The molecule has 1 aliphatic carbocycles. The van der Waals surface area contributed by atoms with Gasteiger partial charge in [0.2, 0.25) is 0 Å². The molecule has 1 fully saturated rings. The average Bonchev–Trinajstić information content (AvgIpc) is 2.35. The van der Waals surface area contributed by atoms with Gasteiger partial charge >= 0.3 is 0 Å². The summed E-state index contributed by atoms with van der Waals surface area (Å²) in [5.74, 6) is 0.157. The van der Waals surface area contributed by atoms with Gasteiger partial charge in [0.1, 0.15) is 11.5 Å². The normalized spacial score (nSPS) is 29.6. The van der Waals surface area contributed by atoms with Crippen molar-refractivity contribution in [2.45, 2.75) is 25.9 Å². The lowest BCUT2D eigenvalue weighted by Crippen LogP contribution is -2.30. The average molecular weight is 264 g/mol. The van der Waals surface area contributed by atoms with E-state index >= 15 is 0 Å². The van der Waals surface area contributed by atoms with Gasteiger partial charge in [-0.2, -0.15) is 0 Å². The zero-order valence-electron chi connectivity index (χ0n) is 11.0. The lowest BCUT2D eigenvalue weighted by atomic mass is 9.76. The molecule has 0 radical (unpaired) electrons. The number of rotatable bonds is 2. The molecule has 0 saturated heterocycles. The zero-order valence-corrected chi connectivity index (χ0v) is 11.0. The fourth-order valence-corrected chi connectivity index (χ4v) is 2.76. The first-order valence-corrected chi connectivity index (χ1v) is 6.54. The van der Waals surface area contributed by atoms with Crippen LogP contribution in [0.3, 0.4) is 0 Å². The van der Waals surface area contributed by atoms with Gasteiger partial charge in [0.05, 0.1) is 11.7 Å². The molecule has 19 heavy (non-hydrogen) atoms. The van der Waals surface area contributed by atoms with Crippen LogP contribution in [0, 0.1) is 11.8 Å². The minimum atomic E-state index is -0.639. The van der Waals surface area contributed by atoms with Crippen molar-refractivity contribution in [2.24, 2.45) is 11.8 Å². The smallest absolute Gasteiger partial charge is 0.126 e. The van der Waals surface area contributed by atoms with E-state index < -0.39 is 6.10 Å². The first-order chi connectivity index (χ1) is 9.02. The van der Waals surface area contributed by atoms with Gasteiger partial charge in [-0.15, -0.1) is 0 Å². The Morgan fingerprint density at radius 2 is 1.84 bits per heavy atom. The first kappa shape index (κ1) is 13.9. The maximum absolute atomic E-state index is 10.1. The molecule has 104 valence electrons. The van der Waals surface area contributed by atoms with E-state index in [1.165, 1.54) is 12.1 Å². The maximum Gasteiger partial charge on any atom is 0.126 e. The van der Waals surface area contributed by atoms with Crippen molar-refractivity contribution >= 4 is 6.08 Å². The summed E-state index contributed by atoms with van der Waals surface area (Å²) in [7, 11) is 0. The molecule has 0 aromatic heterocycles. The topological polar surface area (TPSA) is 80.9 Å². The Labute approximate surface area is 112 Å². The Bertz CT molecular complexity index is 461. The second-order valence-corrected chi connectivity index (χ2v) is 5.33. The third kappa shape index (κ3) is 2.91. The molecule has 3 unspecified atom stereocenters. The minimum absolute atomic E-state index is 0.0324. The van der Waals surface area contributed by atoms with E-state index in [4.69, 9.17) is 0 Å². The molecule has 4 nitrogen and oxygen atoms in total. The Kier molecular flexibility index (Phi) is 4.12. The van der Waals surface area contributed by atoms with E-state index in [2.05, 4.69) is 0 Å². The molecule has 2 rings (SSSR count). The molecule has 0 bridgehead atoms. The third-order valence-electron chi connectivity index (χ3n) is 3.76. The molecule has 1 aliphatic rings. The number of aliphatic hydroxyl groups excluding tert-OH is 2. The van der Waals surface area contributed by atoms with Crippen molar-refractivity contribution in [1.29, 1.82) is 0 Å². The summed E-state index contributed by atoms with van der Waals surface area (Å²) in [5, 5.41) is 39.1. The molecular formula is C15H20O4. The summed E-state index contributed by atoms with van der Waals surface area (Å²) in [6.07, 6.45) is 2.40. The molecule has 1 aromatic carbocycles. The van der Waals surface area contributed by atoms with Crippen molar-refractivity contribution in [3.63, 3.8) is 0 Å². The summed E-state index contributed by atoms with van der Waals surface area (Å²) < 4.78 is 0. The number of aliphatic hydroxyl groups is 2. The summed E-state index contributed by atoms with van der Waals surface area (Å²) in [6.45, 7) is 2.00. The Hall–Kier alpha value is -1.52. The predicted octanol–water partition coefficient (Wildman–Crippen LogP) is 1.88. The van der Waals surface area contributed by atoms with Crippen LogP contribution in [0.2, 0.25) is 0 Å². The molecule has 1 aromatic rings. The van der Waals surface area contributed by atoms with Crippen LogP contribution in [0.25, 0.3) is 6.08 Å². The van der Waals surface area contributed by atoms with Gasteiger partial charge in [-0.05, 0) is 42.5 Å². The number of hydrogen-bond acceptors (Lipinski definition) is 4. The molecule has 4 heteroatoms. The summed E-state index contributed by atoms with van der Waals surface area (Å²) in [4.78, 5) is 0.